The summed E-state index contributed by atoms with van der Waals surface area (Å²) in [6, 6.07) is 3.08. The van der Waals surface area contributed by atoms with Crippen molar-refractivity contribution >= 4 is 0 Å². The van der Waals surface area contributed by atoms with Crippen molar-refractivity contribution in [2.45, 2.75) is 26.0 Å². The fourth-order valence-electron chi connectivity index (χ4n) is 2.04. The summed E-state index contributed by atoms with van der Waals surface area (Å²) in [6.07, 6.45) is 2.73. The van der Waals surface area contributed by atoms with Crippen LogP contribution in [0.25, 0.3) is 0 Å². The molecule has 6 heteroatoms. The third-order valence-corrected chi connectivity index (χ3v) is 3.35. The van der Waals surface area contributed by atoms with E-state index in [4.69, 9.17) is 0 Å². The minimum atomic E-state index is -1.65. The molecule has 0 fully saturated rings. The number of aromatic nitrogens is 3. The van der Waals surface area contributed by atoms with Crippen molar-refractivity contribution in [3.63, 3.8) is 0 Å². The Hall–Kier alpha value is -1.82. The zero-order chi connectivity index (χ0) is 15.0. The first kappa shape index (κ1) is 14.6. The minimum absolute atomic E-state index is 0.0191. The van der Waals surface area contributed by atoms with Crippen LogP contribution < -0.4 is 0 Å². The standard InChI is InChI=1S/C14H16F2N3O/c1-13(2,3)14(20,7-19-9-17-8-18-19)11-5-4-10(15)6-12(11)16/h4-6,8-9,20H,1,7H2,2-3H3. The average molecular weight is 280 g/mol. The number of aliphatic hydroxyl groups is 1. The van der Waals surface area contributed by atoms with Crippen LogP contribution in [0.3, 0.4) is 0 Å². The molecule has 20 heavy (non-hydrogen) atoms. The number of nitrogens with zero attached hydrogens (tertiary/aromatic N) is 3. The summed E-state index contributed by atoms with van der Waals surface area (Å²) in [6.45, 7) is 7.20. The molecular formula is C14H16F2N3O. The summed E-state index contributed by atoms with van der Waals surface area (Å²) < 4.78 is 28.5. The van der Waals surface area contributed by atoms with Crippen LogP contribution in [0.1, 0.15) is 19.4 Å². The van der Waals surface area contributed by atoms with Crippen molar-refractivity contribution in [1.82, 2.24) is 14.8 Å². The van der Waals surface area contributed by atoms with Crippen LogP contribution in [0.2, 0.25) is 0 Å². The van der Waals surface area contributed by atoms with E-state index >= 15 is 0 Å². The fraction of sp³-hybridized carbons (Fsp3) is 0.357. The highest BCUT2D eigenvalue weighted by Crippen LogP contribution is 2.41. The van der Waals surface area contributed by atoms with Gasteiger partial charge in [-0.05, 0) is 18.4 Å². The first-order valence-electron chi connectivity index (χ1n) is 6.10. The second-order valence-electron chi connectivity index (χ2n) is 5.46. The maximum atomic E-state index is 14.0. The zero-order valence-electron chi connectivity index (χ0n) is 11.3. The Kier molecular flexibility index (Phi) is 3.60. The molecule has 1 N–H and O–H groups in total. The molecule has 0 aliphatic rings. The highest BCUT2D eigenvalue weighted by Gasteiger charge is 2.44. The van der Waals surface area contributed by atoms with E-state index in [2.05, 4.69) is 17.0 Å². The van der Waals surface area contributed by atoms with Crippen LogP contribution in [0, 0.1) is 24.0 Å². The van der Waals surface area contributed by atoms with Crippen LogP contribution in [0.4, 0.5) is 8.78 Å². The molecule has 1 atom stereocenters. The van der Waals surface area contributed by atoms with Crippen molar-refractivity contribution in [3.05, 3.63) is 55.0 Å². The molecule has 0 amide bonds. The highest BCUT2D eigenvalue weighted by molar-refractivity contribution is 5.27. The maximum absolute atomic E-state index is 14.0. The highest BCUT2D eigenvalue weighted by atomic mass is 19.1. The maximum Gasteiger partial charge on any atom is 0.137 e. The van der Waals surface area contributed by atoms with Crippen LogP contribution in [0.5, 0.6) is 0 Å². The summed E-state index contributed by atoms with van der Waals surface area (Å²) in [5, 5.41) is 14.9. The minimum Gasteiger partial charge on any atom is -0.383 e. The lowest BCUT2D eigenvalue weighted by molar-refractivity contribution is -0.0700. The largest absolute Gasteiger partial charge is 0.383 e. The van der Waals surface area contributed by atoms with Gasteiger partial charge in [0.25, 0.3) is 0 Å². The Bertz CT molecular complexity index is 593. The van der Waals surface area contributed by atoms with Gasteiger partial charge in [0.1, 0.15) is 29.9 Å². The van der Waals surface area contributed by atoms with Crippen molar-refractivity contribution < 1.29 is 13.9 Å². The average Bonchev–Trinajstić information content (AvgIpc) is 2.79. The molecule has 2 aromatic rings. The molecule has 1 aromatic carbocycles. The topological polar surface area (TPSA) is 50.9 Å². The zero-order valence-corrected chi connectivity index (χ0v) is 11.3. The Labute approximate surface area is 116 Å². The van der Waals surface area contributed by atoms with E-state index in [1.807, 2.05) is 0 Å². The van der Waals surface area contributed by atoms with E-state index in [0.717, 1.165) is 12.1 Å². The van der Waals surface area contributed by atoms with Crippen LogP contribution in [-0.4, -0.2) is 19.9 Å². The van der Waals surface area contributed by atoms with E-state index in [0.29, 0.717) is 0 Å². The molecule has 107 valence electrons. The Morgan fingerprint density at radius 3 is 2.55 bits per heavy atom. The van der Waals surface area contributed by atoms with Gasteiger partial charge >= 0.3 is 0 Å². The van der Waals surface area contributed by atoms with Gasteiger partial charge in [-0.2, -0.15) is 5.10 Å². The molecule has 1 unspecified atom stereocenters. The monoisotopic (exact) mass is 280 g/mol. The molecule has 0 spiro atoms. The van der Waals surface area contributed by atoms with Crippen molar-refractivity contribution in [2.24, 2.45) is 5.41 Å². The Morgan fingerprint density at radius 1 is 1.35 bits per heavy atom. The number of rotatable bonds is 4. The van der Waals surface area contributed by atoms with Crippen molar-refractivity contribution in [1.29, 1.82) is 0 Å². The number of hydrogen-bond acceptors (Lipinski definition) is 3. The molecule has 0 saturated heterocycles. The van der Waals surface area contributed by atoms with Gasteiger partial charge in [0.2, 0.25) is 0 Å². The van der Waals surface area contributed by atoms with Gasteiger partial charge in [-0.1, -0.05) is 19.9 Å². The third-order valence-electron chi connectivity index (χ3n) is 3.35. The van der Waals surface area contributed by atoms with E-state index in [1.165, 1.54) is 23.4 Å². The van der Waals surface area contributed by atoms with Crippen LogP contribution in [0.15, 0.2) is 30.9 Å². The Balaban J connectivity index is 2.52. The number of benzene rings is 1. The number of halogens is 2. The van der Waals surface area contributed by atoms with Crippen LogP contribution in [-0.2, 0) is 12.1 Å². The smallest absolute Gasteiger partial charge is 0.137 e. The van der Waals surface area contributed by atoms with Gasteiger partial charge in [0.15, 0.2) is 0 Å². The van der Waals surface area contributed by atoms with Crippen molar-refractivity contribution in [2.75, 3.05) is 0 Å². The summed E-state index contributed by atoms with van der Waals surface area (Å²) in [7, 11) is 0. The molecule has 1 aromatic heterocycles. The van der Waals surface area contributed by atoms with Crippen molar-refractivity contribution in [3.8, 4) is 0 Å². The van der Waals surface area contributed by atoms with E-state index in [1.54, 1.807) is 13.8 Å². The van der Waals surface area contributed by atoms with Gasteiger partial charge in [0, 0.05) is 11.6 Å². The SMILES string of the molecule is [CH2]C(C)(C)C(O)(Cn1cncn1)c1ccc(F)cc1F. The second kappa shape index (κ2) is 4.94. The predicted octanol–water partition coefficient (Wildman–Crippen LogP) is 2.30. The molecule has 1 radical (unpaired) electrons. The molecule has 1 heterocycles. The summed E-state index contributed by atoms with van der Waals surface area (Å²) >= 11 is 0. The molecule has 0 aliphatic heterocycles. The molecule has 2 rings (SSSR count). The van der Waals surface area contributed by atoms with Gasteiger partial charge in [-0.25, -0.2) is 18.4 Å². The van der Waals surface area contributed by atoms with E-state index < -0.39 is 22.7 Å². The molecular weight excluding hydrogens is 264 g/mol. The normalized spacial score (nSPS) is 15.1. The first-order valence-corrected chi connectivity index (χ1v) is 6.10. The molecule has 0 saturated carbocycles. The lowest BCUT2D eigenvalue weighted by Gasteiger charge is -2.40. The summed E-state index contributed by atoms with van der Waals surface area (Å²) in [5.41, 5.74) is -2.61. The number of hydrogen-bond donors (Lipinski definition) is 1. The molecule has 0 bridgehead atoms. The van der Waals surface area contributed by atoms with Gasteiger partial charge in [-0.3, -0.25) is 0 Å². The van der Waals surface area contributed by atoms with Gasteiger partial charge in [0.05, 0.1) is 6.54 Å². The molecule has 0 aliphatic carbocycles. The quantitative estimate of drug-likeness (QED) is 0.935. The summed E-state index contributed by atoms with van der Waals surface area (Å²) in [4.78, 5) is 3.79. The van der Waals surface area contributed by atoms with Gasteiger partial charge in [-0.15, -0.1) is 0 Å². The van der Waals surface area contributed by atoms with Gasteiger partial charge < -0.3 is 5.11 Å². The Morgan fingerprint density at radius 2 is 2.05 bits per heavy atom. The predicted molar refractivity (Wildman–Crippen MR) is 69.4 cm³/mol. The second-order valence-corrected chi connectivity index (χ2v) is 5.46. The molecule has 4 nitrogen and oxygen atoms in total. The van der Waals surface area contributed by atoms with Crippen LogP contribution >= 0.6 is 0 Å². The lowest BCUT2D eigenvalue weighted by Crippen LogP contribution is -2.44. The first-order chi connectivity index (χ1) is 9.24. The lowest BCUT2D eigenvalue weighted by atomic mass is 9.72. The fourth-order valence-corrected chi connectivity index (χ4v) is 2.04. The van der Waals surface area contributed by atoms with E-state index in [9.17, 15) is 13.9 Å². The summed E-state index contributed by atoms with van der Waals surface area (Å²) in [5.74, 6) is -1.51. The van der Waals surface area contributed by atoms with E-state index in [-0.39, 0.29) is 12.1 Å². The third kappa shape index (κ3) is 2.56.